The van der Waals surface area contributed by atoms with E-state index in [0.29, 0.717) is 0 Å². The summed E-state index contributed by atoms with van der Waals surface area (Å²) in [6.07, 6.45) is 9.52. The van der Waals surface area contributed by atoms with Gasteiger partial charge in [-0.15, -0.1) is 0 Å². The van der Waals surface area contributed by atoms with Crippen molar-refractivity contribution in [1.29, 1.82) is 0 Å². The Labute approximate surface area is 102 Å². The van der Waals surface area contributed by atoms with Crippen LogP contribution in [-0.4, -0.2) is 37.1 Å². The van der Waals surface area contributed by atoms with Crippen LogP contribution in [0.5, 0.6) is 0 Å². The second-order valence-electron chi connectivity index (χ2n) is 5.29. The number of hydrogen-bond acceptors (Lipinski definition) is 2. The molecular formula is C14H30N2. The highest BCUT2D eigenvalue weighted by Crippen LogP contribution is 2.14. The number of hydrogen-bond donors (Lipinski definition) is 1. The molecule has 2 heteroatoms. The highest BCUT2D eigenvalue weighted by Gasteiger charge is 2.18. The van der Waals surface area contributed by atoms with Crippen molar-refractivity contribution < 1.29 is 0 Å². The van der Waals surface area contributed by atoms with Crippen molar-refractivity contribution in [3.8, 4) is 0 Å². The van der Waals surface area contributed by atoms with Crippen molar-refractivity contribution in [2.24, 2.45) is 0 Å². The lowest BCUT2D eigenvalue weighted by atomic mass is 10.0. The van der Waals surface area contributed by atoms with Crippen molar-refractivity contribution in [2.45, 2.75) is 70.9 Å². The highest BCUT2D eigenvalue weighted by molar-refractivity contribution is 4.78. The van der Waals surface area contributed by atoms with Crippen molar-refractivity contribution in [3.05, 3.63) is 0 Å². The predicted molar refractivity (Wildman–Crippen MR) is 71.9 cm³/mol. The van der Waals surface area contributed by atoms with Gasteiger partial charge in [0.25, 0.3) is 0 Å². The second kappa shape index (κ2) is 8.08. The summed E-state index contributed by atoms with van der Waals surface area (Å²) >= 11 is 0. The van der Waals surface area contributed by atoms with Gasteiger partial charge in [-0.2, -0.15) is 0 Å². The van der Waals surface area contributed by atoms with Crippen molar-refractivity contribution in [1.82, 2.24) is 10.2 Å². The third-order valence-corrected chi connectivity index (χ3v) is 3.91. The van der Waals surface area contributed by atoms with Crippen LogP contribution in [0.3, 0.4) is 0 Å². The molecule has 0 bridgehead atoms. The van der Waals surface area contributed by atoms with Crippen LogP contribution >= 0.6 is 0 Å². The molecule has 2 atom stereocenters. The van der Waals surface area contributed by atoms with E-state index in [0.717, 1.165) is 12.1 Å². The van der Waals surface area contributed by atoms with Crippen LogP contribution in [0.2, 0.25) is 0 Å². The fourth-order valence-electron chi connectivity index (χ4n) is 2.75. The zero-order valence-corrected chi connectivity index (χ0v) is 11.5. The normalized spacial score (nSPS) is 23.6. The van der Waals surface area contributed by atoms with Crippen LogP contribution in [0.1, 0.15) is 58.8 Å². The van der Waals surface area contributed by atoms with E-state index in [9.17, 15) is 0 Å². The molecule has 0 radical (unpaired) electrons. The Kier molecular flexibility index (Phi) is 7.06. The number of rotatable bonds is 7. The molecule has 16 heavy (non-hydrogen) atoms. The van der Waals surface area contributed by atoms with Crippen molar-refractivity contribution in [2.75, 3.05) is 20.1 Å². The fourth-order valence-corrected chi connectivity index (χ4v) is 2.75. The summed E-state index contributed by atoms with van der Waals surface area (Å²) in [6, 6.07) is 1.54. The van der Waals surface area contributed by atoms with Gasteiger partial charge in [0.1, 0.15) is 0 Å². The Hall–Kier alpha value is -0.0800. The Balaban J connectivity index is 2.26. The lowest BCUT2D eigenvalue weighted by molar-refractivity contribution is 0.187. The summed E-state index contributed by atoms with van der Waals surface area (Å²) in [5.41, 5.74) is 0. The van der Waals surface area contributed by atoms with Gasteiger partial charge >= 0.3 is 0 Å². The molecule has 1 saturated heterocycles. The molecule has 0 aromatic heterocycles. The van der Waals surface area contributed by atoms with E-state index in [2.05, 4.69) is 31.1 Å². The summed E-state index contributed by atoms with van der Waals surface area (Å²) in [7, 11) is 2.31. The van der Waals surface area contributed by atoms with Gasteiger partial charge in [0.05, 0.1) is 0 Å². The van der Waals surface area contributed by atoms with E-state index >= 15 is 0 Å². The Bertz CT molecular complexity index is 164. The van der Waals surface area contributed by atoms with Gasteiger partial charge in [0.2, 0.25) is 0 Å². The zero-order valence-electron chi connectivity index (χ0n) is 11.5. The Morgan fingerprint density at radius 2 is 2.12 bits per heavy atom. The number of nitrogens with one attached hydrogen (secondary N) is 1. The van der Waals surface area contributed by atoms with Gasteiger partial charge in [-0.05, 0) is 39.3 Å². The minimum absolute atomic E-state index is 0.745. The average Bonchev–Trinajstić information content (AvgIpc) is 2.31. The van der Waals surface area contributed by atoms with Gasteiger partial charge < -0.3 is 10.2 Å². The van der Waals surface area contributed by atoms with E-state index in [-0.39, 0.29) is 0 Å². The molecule has 1 fully saturated rings. The molecule has 0 aromatic rings. The highest BCUT2D eigenvalue weighted by atomic mass is 15.2. The van der Waals surface area contributed by atoms with Gasteiger partial charge in [-0.25, -0.2) is 0 Å². The fraction of sp³-hybridized carbons (Fsp3) is 1.00. The molecule has 1 aliphatic rings. The van der Waals surface area contributed by atoms with Gasteiger partial charge in [-0.3, -0.25) is 0 Å². The minimum atomic E-state index is 0.745. The number of unbranched alkanes of at least 4 members (excludes halogenated alkanes) is 1. The molecule has 1 heterocycles. The largest absolute Gasteiger partial charge is 0.313 e. The van der Waals surface area contributed by atoms with Gasteiger partial charge in [0, 0.05) is 18.6 Å². The molecule has 0 saturated carbocycles. The number of nitrogens with zero attached hydrogens (tertiary/aromatic N) is 1. The molecule has 1 N–H and O–H groups in total. The van der Waals surface area contributed by atoms with Crippen LogP contribution in [0.4, 0.5) is 0 Å². The van der Waals surface area contributed by atoms with Crippen LogP contribution < -0.4 is 5.32 Å². The first-order chi connectivity index (χ1) is 7.77. The smallest absolute Gasteiger partial charge is 0.0195 e. The molecule has 96 valence electrons. The molecule has 0 amide bonds. The molecule has 2 unspecified atom stereocenters. The average molecular weight is 226 g/mol. The first-order valence-corrected chi connectivity index (χ1v) is 7.21. The summed E-state index contributed by atoms with van der Waals surface area (Å²) in [5.74, 6) is 0. The molecule has 1 aliphatic heterocycles. The lowest BCUT2D eigenvalue weighted by Crippen LogP contribution is -2.45. The summed E-state index contributed by atoms with van der Waals surface area (Å²) in [4.78, 5) is 2.58. The molecule has 1 rings (SSSR count). The zero-order chi connectivity index (χ0) is 11.8. The SMILES string of the molecule is CCCCC(CC)N(C)CC1CCCCN1. The number of likely N-dealkylation sites (N-methyl/N-ethyl adjacent to an activating group) is 1. The van der Waals surface area contributed by atoms with Crippen molar-refractivity contribution in [3.63, 3.8) is 0 Å². The Morgan fingerprint density at radius 3 is 2.69 bits per heavy atom. The predicted octanol–water partition coefficient (Wildman–Crippen LogP) is 3.03. The summed E-state index contributed by atoms with van der Waals surface area (Å²) < 4.78 is 0. The number of piperidine rings is 1. The third-order valence-electron chi connectivity index (χ3n) is 3.91. The topological polar surface area (TPSA) is 15.3 Å². The molecule has 0 aromatic carbocycles. The molecule has 0 spiro atoms. The van der Waals surface area contributed by atoms with Gasteiger partial charge in [-0.1, -0.05) is 33.1 Å². The first-order valence-electron chi connectivity index (χ1n) is 7.21. The second-order valence-corrected chi connectivity index (χ2v) is 5.29. The van der Waals surface area contributed by atoms with E-state index in [4.69, 9.17) is 0 Å². The maximum absolute atomic E-state index is 3.64. The monoisotopic (exact) mass is 226 g/mol. The van der Waals surface area contributed by atoms with Gasteiger partial charge in [0.15, 0.2) is 0 Å². The summed E-state index contributed by atoms with van der Waals surface area (Å²) in [6.45, 7) is 7.08. The van der Waals surface area contributed by atoms with Crippen LogP contribution in [0, 0.1) is 0 Å². The van der Waals surface area contributed by atoms with Crippen LogP contribution in [0.15, 0.2) is 0 Å². The van der Waals surface area contributed by atoms with Crippen molar-refractivity contribution >= 4 is 0 Å². The lowest BCUT2D eigenvalue weighted by Gasteiger charge is -2.33. The summed E-state index contributed by atoms with van der Waals surface area (Å²) in [5, 5.41) is 3.64. The third kappa shape index (κ3) is 4.84. The van der Waals surface area contributed by atoms with Crippen LogP contribution in [0.25, 0.3) is 0 Å². The maximum Gasteiger partial charge on any atom is 0.0195 e. The standard InChI is InChI=1S/C14H30N2/c1-4-6-10-14(5-2)16(3)12-13-9-7-8-11-15-13/h13-15H,4-12H2,1-3H3. The minimum Gasteiger partial charge on any atom is -0.313 e. The maximum atomic E-state index is 3.64. The molecular weight excluding hydrogens is 196 g/mol. The molecule has 2 nitrogen and oxygen atoms in total. The van der Waals surface area contributed by atoms with E-state index in [1.807, 2.05) is 0 Å². The van der Waals surface area contributed by atoms with E-state index in [1.54, 1.807) is 0 Å². The quantitative estimate of drug-likeness (QED) is 0.718. The van der Waals surface area contributed by atoms with E-state index < -0.39 is 0 Å². The van der Waals surface area contributed by atoms with E-state index in [1.165, 1.54) is 58.0 Å². The van der Waals surface area contributed by atoms with Crippen LogP contribution in [-0.2, 0) is 0 Å². The first kappa shape index (κ1) is 14.0. The Morgan fingerprint density at radius 1 is 1.31 bits per heavy atom. The molecule has 0 aliphatic carbocycles.